The number of nitrogens with zero attached hydrogens (tertiary/aromatic N) is 1. The van der Waals surface area contributed by atoms with Gasteiger partial charge in [-0.2, -0.15) is 0 Å². The molecule has 1 amide bonds. The van der Waals surface area contributed by atoms with Crippen molar-refractivity contribution in [2.75, 3.05) is 13.1 Å². The summed E-state index contributed by atoms with van der Waals surface area (Å²) >= 11 is 0. The third-order valence-corrected chi connectivity index (χ3v) is 3.67. The predicted octanol–water partition coefficient (Wildman–Crippen LogP) is 2.16. The van der Waals surface area contributed by atoms with Crippen LogP contribution in [0, 0.1) is 17.6 Å². The highest BCUT2D eigenvalue weighted by atomic mass is 19.1. The van der Waals surface area contributed by atoms with Crippen LogP contribution in [0.15, 0.2) is 18.2 Å². The first-order valence-corrected chi connectivity index (χ1v) is 6.49. The van der Waals surface area contributed by atoms with Crippen molar-refractivity contribution in [3.8, 4) is 0 Å². The highest BCUT2D eigenvalue weighted by molar-refractivity contribution is 5.94. The van der Waals surface area contributed by atoms with E-state index in [1.165, 1.54) is 0 Å². The van der Waals surface area contributed by atoms with Gasteiger partial charge in [0.1, 0.15) is 11.6 Å². The number of rotatable bonds is 2. The van der Waals surface area contributed by atoms with Gasteiger partial charge in [0.2, 0.25) is 0 Å². The van der Waals surface area contributed by atoms with E-state index in [4.69, 9.17) is 5.73 Å². The Bertz CT molecular complexity index is 479. The number of piperidine rings is 1. The zero-order valence-electron chi connectivity index (χ0n) is 10.9. The lowest BCUT2D eigenvalue weighted by molar-refractivity contribution is 0.0568. The maximum Gasteiger partial charge on any atom is 0.257 e. The number of hydrogen-bond acceptors (Lipinski definition) is 2. The van der Waals surface area contributed by atoms with E-state index < -0.39 is 17.5 Å². The number of carbonyl (C=O) groups excluding carboxylic acids is 1. The van der Waals surface area contributed by atoms with Gasteiger partial charge in [0.25, 0.3) is 5.91 Å². The molecule has 1 saturated heterocycles. The van der Waals surface area contributed by atoms with Crippen LogP contribution in [-0.2, 0) is 0 Å². The van der Waals surface area contributed by atoms with Gasteiger partial charge in [-0.25, -0.2) is 8.78 Å². The van der Waals surface area contributed by atoms with Gasteiger partial charge in [0.15, 0.2) is 0 Å². The van der Waals surface area contributed by atoms with Crippen molar-refractivity contribution in [3.63, 3.8) is 0 Å². The first kappa shape index (κ1) is 13.9. The van der Waals surface area contributed by atoms with E-state index in [1.54, 1.807) is 4.90 Å². The molecule has 3 nitrogen and oxygen atoms in total. The molecule has 1 fully saturated rings. The minimum Gasteiger partial charge on any atom is -0.334 e. The molecular weight excluding hydrogens is 250 g/mol. The second-order valence-corrected chi connectivity index (χ2v) is 5.14. The number of hydrogen-bond donors (Lipinski definition) is 1. The molecule has 5 heteroatoms. The fourth-order valence-electron chi connectivity index (χ4n) is 2.56. The summed E-state index contributed by atoms with van der Waals surface area (Å²) in [5, 5.41) is 0. The van der Waals surface area contributed by atoms with Crippen LogP contribution in [0.5, 0.6) is 0 Å². The minimum absolute atomic E-state index is 0.0982. The standard InChI is InChI=1S/C14H18F2N2O/c1-9-4-5-18(11(6-9)8-17)14(19)12-7-10(15)2-3-13(12)16/h2-3,7,9,11H,4-6,8,17H2,1H3. The Morgan fingerprint density at radius 3 is 2.89 bits per heavy atom. The molecule has 0 aromatic heterocycles. The Balaban J connectivity index is 2.25. The Morgan fingerprint density at radius 2 is 2.21 bits per heavy atom. The summed E-state index contributed by atoms with van der Waals surface area (Å²) in [4.78, 5) is 13.9. The van der Waals surface area contributed by atoms with E-state index in [1.807, 2.05) is 0 Å². The van der Waals surface area contributed by atoms with Crippen LogP contribution in [0.25, 0.3) is 0 Å². The zero-order chi connectivity index (χ0) is 14.0. The van der Waals surface area contributed by atoms with Gasteiger partial charge in [-0.05, 0) is 37.0 Å². The number of halogens is 2. The molecule has 0 radical (unpaired) electrons. The molecule has 1 aliphatic heterocycles. The Labute approximate surface area is 111 Å². The number of nitrogens with two attached hydrogens (primary N) is 1. The molecule has 2 atom stereocenters. The molecule has 1 aromatic carbocycles. The molecule has 0 spiro atoms. The lowest BCUT2D eigenvalue weighted by atomic mass is 9.92. The fraction of sp³-hybridized carbons (Fsp3) is 0.500. The molecule has 1 aliphatic rings. The summed E-state index contributed by atoms with van der Waals surface area (Å²) in [6, 6.07) is 2.83. The van der Waals surface area contributed by atoms with E-state index in [-0.39, 0.29) is 11.6 Å². The Kier molecular flexibility index (Phi) is 4.14. The molecule has 0 aliphatic carbocycles. The molecule has 2 unspecified atom stereocenters. The maximum absolute atomic E-state index is 13.6. The van der Waals surface area contributed by atoms with Crippen molar-refractivity contribution in [1.82, 2.24) is 4.90 Å². The van der Waals surface area contributed by atoms with Gasteiger partial charge in [-0.15, -0.1) is 0 Å². The van der Waals surface area contributed by atoms with E-state index in [0.29, 0.717) is 19.0 Å². The molecule has 19 heavy (non-hydrogen) atoms. The second kappa shape index (κ2) is 5.65. The minimum atomic E-state index is -0.694. The second-order valence-electron chi connectivity index (χ2n) is 5.14. The monoisotopic (exact) mass is 268 g/mol. The van der Waals surface area contributed by atoms with Gasteiger partial charge >= 0.3 is 0 Å². The largest absolute Gasteiger partial charge is 0.334 e. The van der Waals surface area contributed by atoms with Gasteiger partial charge in [-0.1, -0.05) is 6.92 Å². The molecule has 0 saturated carbocycles. The first-order valence-electron chi connectivity index (χ1n) is 6.49. The summed E-state index contributed by atoms with van der Waals surface area (Å²) in [7, 11) is 0. The Morgan fingerprint density at radius 1 is 1.47 bits per heavy atom. The zero-order valence-corrected chi connectivity index (χ0v) is 10.9. The topological polar surface area (TPSA) is 46.3 Å². The number of amides is 1. The molecule has 1 aromatic rings. The Hall–Kier alpha value is -1.49. The van der Waals surface area contributed by atoms with Gasteiger partial charge in [0, 0.05) is 19.1 Å². The summed E-state index contributed by atoms with van der Waals surface area (Å²) in [6.07, 6.45) is 1.67. The van der Waals surface area contributed by atoms with Crippen LogP contribution in [0.3, 0.4) is 0 Å². The van der Waals surface area contributed by atoms with Gasteiger partial charge < -0.3 is 10.6 Å². The molecule has 0 bridgehead atoms. The van der Waals surface area contributed by atoms with Gasteiger partial charge in [0.05, 0.1) is 5.56 Å². The average molecular weight is 268 g/mol. The highest BCUT2D eigenvalue weighted by Crippen LogP contribution is 2.24. The van der Waals surface area contributed by atoms with Crippen LogP contribution in [0.2, 0.25) is 0 Å². The van der Waals surface area contributed by atoms with Crippen molar-refractivity contribution in [2.24, 2.45) is 11.7 Å². The van der Waals surface area contributed by atoms with Crippen LogP contribution >= 0.6 is 0 Å². The summed E-state index contributed by atoms with van der Waals surface area (Å²) in [5.41, 5.74) is 5.46. The van der Waals surface area contributed by atoms with Crippen molar-refractivity contribution in [3.05, 3.63) is 35.4 Å². The predicted molar refractivity (Wildman–Crippen MR) is 68.6 cm³/mol. The van der Waals surface area contributed by atoms with Crippen molar-refractivity contribution in [1.29, 1.82) is 0 Å². The molecule has 2 rings (SSSR count). The molecule has 104 valence electrons. The lowest BCUT2D eigenvalue weighted by Gasteiger charge is -2.38. The molecular formula is C14H18F2N2O. The van der Waals surface area contributed by atoms with Crippen LogP contribution < -0.4 is 5.73 Å². The number of carbonyl (C=O) groups is 1. The summed E-state index contributed by atoms with van der Waals surface area (Å²) in [6.45, 7) is 2.98. The van der Waals surface area contributed by atoms with E-state index in [0.717, 1.165) is 31.0 Å². The van der Waals surface area contributed by atoms with Crippen molar-refractivity contribution in [2.45, 2.75) is 25.8 Å². The molecule has 2 N–H and O–H groups in total. The number of benzene rings is 1. The third-order valence-electron chi connectivity index (χ3n) is 3.67. The fourth-order valence-corrected chi connectivity index (χ4v) is 2.56. The van der Waals surface area contributed by atoms with Crippen LogP contribution in [0.4, 0.5) is 8.78 Å². The lowest BCUT2D eigenvalue weighted by Crippen LogP contribution is -2.49. The summed E-state index contributed by atoms with van der Waals surface area (Å²) in [5.74, 6) is -1.28. The van der Waals surface area contributed by atoms with E-state index in [2.05, 4.69) is 6.92 Å². The quantitative estimate of drug-likeness (QED) is 0.893. The van der Waals surface area contributed by atoms with Crippen molar-refractivity contribution < 1.29 is 13.6 Å². The molecule has 1 heterocycles. The van der Waals surface area contributed by atoms with Gasteiger partial charge in [-0.3, -0.25) is 4.79 Å². The van der Waals surface area contributed by atoms with E-state index >= 15 is 0 Å². The summed E-state index contributed by atoms with van der Waals surface area (Å²) < 4.78 is 26.8. The highest BCUT2D eigenvalue weighted by Gasteiger charge is 2.30. The SMILES string of the molecule is CC1CCN(C(=O)c2cc(F)ccc2F)C(CN)C1. The van der Waals surface area contributed by atoms with Crippen LogP contribution in [0.1, 0.15) is 30.1 Å². The first-order chi connectivity index (χ1) is 9.02. The normalized spacial score (nSPS) is 23.5. The third kappa shape index (κ3) is 2.92. The number of likely N-dealkylation sites (tertiary alicyclic amines) is 1. The average Bonchev–Trinajstić information content (AvgIpc) is 2.40. The smallest absolute Gasteiger partial charge is 0.257 e. The van der Waals surface area contributed by atoms with Crippen LogP contribution in [-0.4, -0.2) is 29.9 Å². The maximum atomic E-state index is 13.6. The van der Waals surface area contributed by atoms with Crippen molar-refractivity contribution >= 4 is 5.91 Å². The van der Waals surface area contributed by atoms with E-state index in [9.17, 15) is 13.6 Å².